The first-order chi connectivity index (χ1) is 8.46. The predicted molar refractivity (Wildman–Crippen MR) is 62.0 cm³/mol. The number of hydrogen-bond acceptors (Lipinski definition) is 2. The molecular weight excluding hydrogens is 243 g/mol. The molecular formula is C13H16F3NO. The van der Waals surface area contributed by atoms with Crippen LogP contribution >= 0.6 is 0 Å². The van der Waals surface area contributed by atoms with Crippen molar-refractivity contribution in [3.63, 3.8) is 0 Å². The molecule has 2 atom stereocenters. The number of hydrogen-bond donors (Lipinski definition) is 0. The van der Waals surface area contributed by atoms with Crippen LogP contribution in [0.1, 0.15) is 24.4 Å². The zero-order valence-corrected chi connectivity index (χ0v) is 10.2. The van der Waals surface area contributed by atoms with Crippen LogP contribution in [0.5, 0.6) is 0 Å². The molecule has 0 bridgehead atoms. The van der Waals surface area contributed by atoms with Crippen LogP contribution in [0.4, 0.5) is 13.2 Å². The van der Waals surface area contributed by atoms with Crippen molar-refractivity contribution in [1.82, 2.24) is 4.90 Å². The van der Waals surface area contributed by atoms with Crippen LogP contribution in [-0.2, 0) is 4.74 Å². The summed E-state index contributed by atoms with van der Waals surface area (Å²) < 4.78 is 40.8. The van der Waals surface area contributed by atoms with Gasteiger partial charge in [-0.05, 0) is 25.5 Å². The lowest BCUT2D eigenvalue weighted by molar-refractivity contribution is -0.347. The highest BCUT2D eigenvalue weighted by atomic mass is 19.4. The molecule has 0 aliphatic carbocycles. The molecule has 2 unspecified atom stereocenters. The number of piperidine rings is 1. The Hall–Kier alpha value is -1.07. The van der Waals surface area contributed by atoms with Crippen molar-refractivity contribution in [3.8, 4) is 0 Å². The van der Waals surface area contributed by atoms with Gasteiger partial charge in [-0.25, -0.2) is 0 Å². The average Bonchev–Trinajstić information content (AvgIpc) is 2.31. The summed E-state index contributed by atoms with van der Waals surface area (Å²) in [6, 6.07) is 9.58. The minimum absolute atomic E-state index is 0.00713. The summed E-state index contributed by atoms with van der Waals surface area (Å²) in [5.41, 5.74) is 1.04. The van der Waals surface area contributed by atoms with Gasteiger partial charge in [0.1, 0.15) is 0 Å². The molecule has 1 aliphatic heterocycles. The van der Waals surface area contributed by atoms with E-state index in [1.807, 2.05) is 37.4 Å². The van der Waals surface area contributed by atoms with Gasteiger partial charge in [0.15, 0.2) is 0 Å². The predicted octanol–water partition coefficient (Wildman–Crippen LogP) is 3.36. The number of alkyl halides is 3. The van der Waals surface area contributed by atoms with E-state index in [9.17, 15) is 13.2 Å². The Morgan fingerprint density at radius 3 is 2.50 bits per heavy atom. The third-order valence-corrected chi connectivity index (χ3v) is 3.31. The lowest BCUT2D eigenvalue weighted by Gasteiger charge is -2.37. The fraction of sp³-hybridized carbons (Fsp3) is 0.538. The highest BCUT2D eigenvalue weighted by Crippen LogP contribution is 2.33. The molecule has 5 heteroatoms. The number of halogens is 3. The standard InChI is InChI=1S/C13H16F3NO/c1-17-8-7-11(18-13(14,15)16)9-12(17)10-5-3-2-4-6-10/h2-6,11-12H,7-9H2,1H3. The van der Waals surface area contributed by atoms with E-state index in [0.717, 1.165) is 5.56 Å². The first-order valence-electron chi connectivity index (χ1n) is 5.95. The van der Waals surface area contributed by atoms with Crippen molar-refractivity contribution >= 4 is 0 Å². The van der Waals surface area contributed by atoms with E-state index in [0.29, 0.717) is 19.4 Å². The maximum absolute atomic E-state index is 12.2. The summed E-state index contributed by atoms with van der Waals surface area (Å²) in [5.74, 6) is 0. The SMILES string of the molecule is CN1CCC(OC(F)(F)F)CC1c1ccccc1. The van der Waals surface area contributed by atoms with Gasteiger partial charge in [-0.15, -0.1) is 13.2 Å². The molecule has 1 aromatic rings. The average molecular weight is 259 g/mol. The van der Waals surface area contributed by atoms with Crippen molar-refractivity contribution in [2.24, 2.45) is 0 Å². The van der Waals surface area contributed by atoms with E-state index >= 15 is 0 Å². The smallest absolute Gasteiger partial charge is 0.299 e. The Labute approximate surface area is 104 Å². The number of nitrogens with zero attached hydrogens (tertiary/aromatic N) is 1. The Morgan fingerprint density at radius 2 is 1.89 bits per heavy atom. The van der Waals surface area contributed by atoms with Gasteiger partial charge in [0, 0.05) is 12.6 Å². The second-order valence-electron chi connectivity index (χ2n) is 4.62. The number of likely N-dealkylation sites (tertiary alicyclic amines) is 1. The molecule has 100 valence electrons. The molecule has 0 amide bonds. The van der Waals surface area contributed by atoms with E-state index < -0.39 is 12.5 Å². The molecule has 0 aromatic heterocycles. The third-order valence-electron chi connectivity index (χ3n) is 3.31. The van der Waals surface area contributed by atoms with Gasteiger partial charge in [-0.3, -0.25) is 9.64 Å². The van der Waals surface area contributed by atoms with E-state index in [-0.39, 0.29) is 6.04 Å². The zero-order chi connectivity index (χ0) is 13.2. The highest BCUT2D eigenvalue weighted by Gasteiger charge is 2.37. The molecule has 18 heavy (non-hydrogen) atoms. The number of benzene rings is 1. The number of rotatable bonds is 2. The van der Waals surface area contributed by atoms with Crippen molar-refractivity contribution in [2.45, 2.75) is 31.3 Å². The fourth-order valence-corrected chi connectivity index (χ4v) is 2.41. The van der Waals surface area contributed by atoms with Crippen LogP contribution in [0.15, 0.2) is 30.3 Å². The summed E-state index contributed by atoms with van der Waals surface area (Å²) in [6.45, 7) is 0.611. The van der Waals surface area contributed by atoms with Gasteiger partial charge < -0.3 is 0 Å². The topological polar surface area (TPSA) is 12.5 Å². The van der Waals surface area contributed by atoms with Gasteiger partial charge in [-0.2, -0.15) is 0 Å². The van der Waals surface area contributed by atoms with Crippen LogP contribution in [0.2, 0.25) is 0 Å². The van der Waals surface area contributed by atoms with Crippen LogP contribution in [0.3, 0.4) is 0 Å². The van der Waals surface area contributed by atoms with Crippen LogP contribution in [0, 0.1) is 0 Å². The van der Waals surface area contributed by atoms with Gasteiger partial charge in [0.05, 0.1) is 6.10 Å². The molecule has 1 fully saturated rings. The Bertz CT molecular complexity index is 380. The molecule has 0 radical (unpaired) electrons. The maximum Gasteiger partial charge on any atom is 0.522 e. The minimum atomic E-state index is -4.54. The van der Waals surface area contributed by atoms with Gasteiger partial charge in [0.2, 0.25) is 0 Å². The normalized spacial score (nSPS) is 26.2. The Morgan fingerprint density at radius 1 is 1.22 bits per heavy atom. The summed E-state index contributed by atoms with van der Waals surface area (Å²) in [7, 11) is 1.93. The van der Waals surface area contributed by atoms with Crippen molar-refractivity contribution in [1.29, 1.82) is 0 Å². The molecule has 0 saturated carbocycles. The second kappa shape index (κ2) is 5.28. The molecule has 1 heterocycles. The van der Waals surface area contributed by atoms with Crippen LogP contribution in [0.25, 0.3) is 0 Å². The Balaban J connectivity index is 2.06. The van der Waals surface area contributed by atoms with Crippen molar-refractivity contribution in [2.75, 3.05) is 13.6 Å². The zero-order valence-electron chi connectivity index (χ0n) is 10.2. The van der Waals surface area contributed by atoms with Crippen molar-refractivity contribution in [3.05, 3.63) is 35.9 Å². The van der Waals surface area contributed by atoms with Gasteiger partial charge >= 0.3 is 6.36 Å². The number of ether oxygens (including phenoxy) is 1. The second-order valence-corrected chi connectivity index (χ2v) is 4.62. The van der Waals surface area contributed by atoms with Crippen molar-refractivity contribution < 1.29 is 17.9 Å². The van der Waals surface area contributed by atoms with E-state index in [4.69, 9.17) is 0 Å². The summed E-state index contributed by atoms with van der Waals surface area (Å²) in [5, 5.41) is 0. The Kier molecular flexibility index (Phi) is 3.92. The molecule has 0 N–H and O–H groups in total. The largest absolute Gasteiger partial charge is 0.522 e. The highest BCUT2D eigenvalue weighted by molar-refractivity contribution is 5.19. The molecule has 1 saturated heterocycles. The van der Waals surface area contributed by atoms with E-state index in [1.54, 1.807) is 0 Å². The molecule has 1 aromatic carbocycles. The first kappa shape index (κ1) is 13.4. The van der Waals surface area contributed by atoms with Gasteiger partial charge in [0.25, 0.3) is 0 Å². The van der Waals surface area contributed by atoms with Crippen LogP contribution in [-0.4, -0.2) is 31.0 Å². The molecule has 2 rings (SSSR count). The molecule has 0 spiro atoms. The quantitative estimate of drug-likeness (QED) is 0.807. The van der Waals surface area contributed by atoms with E-state index in [1.165, 1.54) is 0 Å². The molecule has 1 aliphatic rings. The fourth-order valence-electron chi connectivity index (χ4n) is 2.41. The summed E-state index contributed by atoms with van der Waals surface area (Å²) in [4.78, 5) is 2.07. The lowest BCUT2D eigenvalue weighted by Crippen LogP contribution is -2.39. The minimum Gasteiger partial charge on any atom is -0.299 e. The summed E-state index contributed by atoms with van der Waals surface area (Å²) in [6.07, 6.45) is -4.49. The first-order valence-corrected chi connectivity index (χ1v) is 5.95. The van der Waals surface area contributed by atoms with Gasteiger partial charge in [-0.1, -0.05) is 30.3 Å². The maximum atomic E-state index is 12.2. The van der Waals surface area contributed by atoms with E-state index in [2.05, 4.69) is 9.64 Å². The lowest BCUT2D eigenvalue weighted by atomic mass is 9.94. The molecule has 2 nitrogen and oxygen atoms in total. The summed E-state index contributed by atoms with van der Waals surface area (Å²) >= 11 is 0. The third kappa shape index (κ3) is 3.46. The monoisotopic (exact) mass is 259 g/mol. The van der Waals surface area contributed by atoms with Crippen LogP contribution < -0.4 is 0 Å².